The van der Waals surface area contributed by atoms with E-state index in [0.717, 1.165) is 12.1 Å². The number of amides is 1. The van der Waals surface area contributed by atoms with Crippen LogP contribution in [0.5, 0.6) is 0 Å². The molecule has 1 N–H and O–H groups in total. The molecule has 0 spiro atoms. The lowest BCUT2D eigenvalue weighted by atomic mass is 10.2. The molecule has 0 bridgehead atoms. The second-order valence-electron chi connectivity index (χ2n) is 6.37. The Bertz CT molecular complexity index is 1070. The van der Waals surface area contributed by atoms with E-state index >= 15 is 0 Å². The number of aryl methyl sites for hydroxylation is 1. The first-order valence-corrected chi connectivity index (χ1v) is 9.35. The molecule has 3 aromatic rings. The van der Waals surface area contributed by atoms with Gasteiger partial charge in [-0.2, -0.15) is 0 Å². The minimum atomic E-state index is -1.02. The summed E-state index contributed by atoms with van der Waals surface area (Å²) in [5, 5.41) is 3.06. The summed E-state index contributed by atoms with van der Waals surface area (Å²) in [5.74, 6) is -2.32. The van der Waals surface area contributed by atoms with Crippen molar-refractivity contribution in [2.75, 3.05) is 5.32 Å². The summed E-state index contributed by atoms with van der Waals surface area (Å²) in [6.07, 6.45) is 0.257. The summed E-state index contributed by atoms with van der Waals surface area (Å²) in [6.45, 7) is 1.44. The van der Waals surface area contributed by atoms with Crippen molar-refractivity contribution < 1.29 is 27.5 Å². The van der Waals surface area contributed by atoms with Crippen LogP contribution in [-0.2, 0) is 20.7 Å². The number of esters is 1. The first kappa shape index (κ1) is 21.4. The van der Waals surface area contributed by atoms with Gasteiger partial charge in [0.25, 0.3) is 5.91 Å². The van der Waals surface area contributed by atoms with E-state index in [9.17, 15) is 18.4 Å². The molecule has 1 aromatic heterocycles. The largest absolute Gasteiger partial charge is 0.453 e. The number of hydrogen-bond donors (Lipinski definition) is 1. The second-order valence-corrected chi connectivity index (χ2v) is 6.81. The molecule has 0 aliphatic rings. The van der Waals surface area contributed by atoms with Crippen LogP contribution in [0, 0.1) is 11.6 Å². The maximum atomic E-state index is 13.8. The molecule has 1 amide bonds. The molecule has 3 rings (SSSR count). The smallest absolute Gasteiger partial charge is 0.307 e. The van der Waals surface area contributed by atoms with Gasteiger partial charge in [-0.3, -0.25) is 9.59 Å². The maximum absolute atomic E-state index is 13.8. The highest BCUT2D eigenvalue weighted by Gasteiger charge is 2.19. The van der Waals surface area contributed by atoms with Crippen molar-refractivity contribution in [3.05, 3.63) is 71.2 Å². The molecular formula is C21H17ClF2N2O4. The number of halogens is 3. The number of oxazole rings is 1. The Morgan fingerprint density at radius 2 is 2.03 bits per heavy atom. The predicted molar refractivity (Wildman–Crippen MR) is 106 cm³/mol. The lowest BCUT2D eigenvalue weighted by Gasteiger charge is -2.13. The molecule has 6 nitrogen and oxygen atoms in total. The predicted octanol–water partition coefficient (Wildman–Crippen LogP) is 4.78. The van der Waals surface area contributed by atoms with Crippen LogP contribution in [0.2, 0.25) is 5.02 Å². The Hall–Kier alpha value is -3.26. The van der Waals surface area contributed by atoms with Crippen LogP contribution >= 0.6 is 11.6 Å². The first-order valence-electron chi connectivity index (χ1n) is 8.98. The van der Waals surface area contributed by atoms with Gasteiger partial charge in [0.15, 0.2) is 17.8 Å². The highest BCUT2D eigenvalue weighted by atomic mass is 35.5. The van der Waals surface area contributed by atoms with Crippen LogP contribution in [0.3, 0.4) is 0 Å². The van der Waals surface area contributed by atoms with Gasteiger partial charge in [0, 0.05) is 23.2 Å². The molecule has 0 aliphatic heterocycles. The molecular weight excluding hydrogens is 418 g/mol. The molecule has 2 aromatic carbocycles. The van der Waals surface area contributed by atoms with Crippen molar-refractivity contribution in [1.29, 1.82) is 0 Å². The zero-order valence-corrected chi connectivity index (χ0v) is 16.6. The van der Waals surface area contributed by atoms with Gasteiger partial charge < -0.3 is 14.5 Å². The minimum Gasteiger partial charge on any atom is -0.453 e. The molecule has 0 aliphatic carbocycles. The molecule has 0 saturated heterocycles. The Kier molecular flexibility index (Phi) is 6.79. The average Bonchev–Trinajstić information content (AvgIpc) is 3.15. The highest BCUT2D eigenvalue weighted by molar-refractivity contribution is 6.30. The van der Waals surface area contributed by atoms with Gasteiger partial charge in [-0.25, -0.2) is 13.8 Å². The highest BCUT2D eigenvalue weighted by Crippen LogP contribution is 2.24. The zero-order chi connectivity index (χ0) is 21.7. The molecule has 0 saturated carbocycles. The number of ether oxygens (including phenoxy) is 1. The quantitative estimate of drug-likeness (QED) is 0.541. The average molecular weight is 435 g/mol. The van der Waals surface area contributed by atoms with Gasteiger partial charge in [-0.15, -0.1) is 0 Å². The zero-order valence-electron chi connectivity index (χ0n) is 15.8. The molecule has 1 heterocycles. The fraction of sp³-hybridized carbons (Fsp3) is 0.190. The van der Waals surface area contributed by atoms with E-state index in [1.807, 2.05) is 0 Å². The number of carbonyl (C=O) groups is 2. The number of rotatable bonds is 7. The molecule has 1 atom stereocenters. The molecule has 156 valence electrons. The first-order chi connectivity index (χ1) is 14.3. The van der Waals surface area contributed by atoms with Gasteiger partial charge in [0.1, 0.15) is 11.6 Å². The lowest BCUT2D eigenvalue weighted by molar-refractivity contribution is -0.153. The van der Waals surface area contributed by atoms with E-state index in [0.29, 0.717) is 10.7 Å². The summed E-state index contributed by atoms with van der Waals surface area (Å²) in [5.41, 5.74) is 0.541. The van der Waals surface area contributed by atoms with Crippen LogP contribution in [0.25, 0.3) is 11.3 Å². The van der Waals surface area contributed by atoms with Crippen molar-refractivity contribution in [2.24, 2.45) is 0 Å². The summed E-state index contributed by atoms with van der Waals surface area (Å²) in [7, 11) is 0. The summed E-state index contributed by atoms with van der Waals surface area (Å²) >= 11 is 5.86. The summed E-state index contributed by atoms with van der Waals surface area (Å²) < 4.78 is 37.3. The van der Waals surface area contributed by atoms with E-state index in [4.69, 9.17) is 20.8 Å². The van der Waals surface area contributed by atoms with E-state index < -0.39 is 29.6 Å². The number of benzene rings is 2. The molecule has 0 fully saturated rings. The van der Waals surface area contributed by atoms with Crippen molar-refractivity contribution >= 4 is 29.2 Å². The van der Waals surface area contributed by atoms with E-state index in [1.54, 1.807) is 24.3 Å². The van der Waals surface area contributed by atoms with Crippen LogP contribution < -0.4 is 5.32 Å². The van der Waals surface area contributed by atoms with Crippen molar-refractivity contribution in [1.82, 2.24) is 4.98 Å². The van der Waals surface area contributed by atoms with Crippen molar-refractivity contribution in [2.45, 2.75) is 25.9 Å². The Morgan fingerprint density at radius 1 is 1.23 bits per heavy atom. The number of aromatic nitrogens is 1. The third-order valence-corrected chi connectivity index (χ3v) is 4.30. The van der Waals surface area contributed by atoms with E-state index in [2.05, 4.69) is 10.3 Å². The van der Waals surface area contributed by atoms with Gasteiger partial charge >= 0.3 is 5.97 Å². The topological polar surface area (TPSA) is 81.4 Å². The molecule has 0 radical (unpaired) electrons. The molecule has 9 heteroatoms. The number of hydrogen-bond acceptors (Lipinski definition) is 5. The van der Waals surface area contributed by atoms with Gasteiger partial charge in [0.05, 0.1) is 18.2 Å². The third-order valence-electron chi connectivity index (χ3n) is 4.06. The number of carbonyl (C=O) groups excluding carboxylic acids is 2. The van der Waals surface area contributed by atoms with Gasteiger partial charge in [0.2, 0.25) is 0 Å². The van der Waals surface area contributed by atoms with Crippen LogP contribution in [0.1, 0.15) is 19.2 Å². The fourth-order valence-electron chi connectivity index (χ4n) is 2.57. The molecule has 30 heavy (non-hydrogen) atoms. The second kappa shape index (κ2) is 9.49. The van der Waals surface area contributed by atoms with Crippen molar-refractivity contribution in [3.63, 3.8) is 0 Å². The lowest BCUT2D eigenvalue weighted by Crippen LogP contribution is -2.30. The number of nitrogens with zero attached hydrogens (tertiary/aromatic N) is 1. The standard InChI is InChI=1S/C21H17ClF2N2O4/c1-12(21(28)26-15-4-2-3-13(22)9-15)29-20(27)8-7-19-25-11-18(30-19)16-6-5-14(23)10-17(16)24/h2-6,9-12H,7-8H2,1H3,(H,26,28). The monoisotopic (exact) mass is 434 g/mol. The van der Waals surface area contributed by atoms with Gasteiger partial charge in [-0.1, -0.05) is 17.7 Å². The number of nitrogens with one attached hydrogen (secondary N) is 1. The van der Waals surface area contributed by atoms with Gasteiger partial charge in [-0.05, 0) is 37.3 Å². The Labute approximate surface area is 175 Å². The normalized spacial score (nSPS) is 11.7. The Balaban J connectivity index is 1.51. The minimum absolute atomic E-state index is 0.0593. The SMILES string of the molecule is CC(OC(=O)CCc1ncc(-c2ccc(F)cc2F)o1)C(=O)Nc1cccc(Cl)c1. The van der Waals surface area contributed by atoms with Crippen LogP contribution in [0.4, 0.5) is 14.5 Å². The van der Waals surface area contributed by atoms with E-state index in [1.165, 1.54) is 19.2 Å². The van der Waals surface area contributed by atoms with Crippen molar-refractivity contribution in [3.8, 4) is 11.3 Å². The number of anilines is 1. The summed E-state index contributed by atoms with van der Waals surface area (Å²) in [6, 6.07) is 9.65. The van der Waals surface area contributed by atoms with E-state index in [-0.39, 0.29) is 30.1 Å². The van der Waals surface area contributed by atoms with Crippen LogP contribution in [0.15, 0.2) is 53.1 Å². The third kappa shape index (κ3) is 5.64. The maximum Gasteiger partial charge on any atom is 0.307 e. The Morgan fingerprint density at radius 3 is 2.77 bits per heavy atom. The summed E-state index contributed by atoms with van der Waals surface area (Å²) in [4.78, 5) is 28.1. The van der Waals surface area contributed by atoms with Crippen LogP contribution in [-0.4, -0.2) is 23.0 Å². The molecule has 1 unspecified atom stereocenters. The fourth-order valence-corrected chi connectivity index (χ4v) is 2.76.